The van der Waals surface area contributed by atoms with Gasteiger partial charge in [-0.05, 0) is 20.3 Å². The summed E-state index contributed by atoms with van der Waals surface area (Å²) in [6.07, 6.45) is 1.93. The summed E-state index contributed by atoms with van der Waals surface area (Å²) in [5.41, 5.74) is 0. The molecule has 1 aromatic rings. The third kappa shape index (κ3) is 3.62. The molecule has 1 rings (SSSR count). The van der Waals surface area contributed by atoms with Crippen LogP contribution in [0, 0.1) is 0 Å². The molecule has 0 bridgehead atoms. The van der Waals surface area contributed by atoms with E-state index >= 15 is 0 Å². The lowest BCUT2D eigenvalue weighted by molar-refractivity contribution is -0.122. The Hall–Kier alpha value is -1.43. The molecule has 1 aromatic heterocycles. The molecule has 0 aliphatic carbocycles. The Kier molecular flexibility index (Phi) is 4.42. The lowest BCUT2D eigenvalue weighted by Gasteiger charge is -2.13. The number of carbonyl (C=O) groups is 1. The topological polar surface area (TPSA) is 80.0 Å². The standard InChI is InChI=1S/C10H18N4O2/c1-7(15)4-5-9(16)12-8(2)10-13-11-6-14(10)3/h6-8,15H,4-5H2,1-3H3,(H,12,16). The highest BCUT2D eigenvalue weighted by molar-refractivity contribution is 5.76. The van der Waals surface area contributed by atoms with Gasteiger partial charge in [-0.1, -0.05) is 0 Å². The van der Waals surface area contributed by atoms with Crippen LogP contribution in [0.25, 0.3) is 0 Å². The molecule has 0 fully saturated rings. The maximum absolute atomic E-state index is 11.5. The first-order valence-corrected chi connectivity index (χ1v) is 5.32. The molecule has 16 heavy (non-hydrogen) atoms. The van der Waals surface area contributed by atoms with Crippen LogP contribution in [-0.2, 0) is 11.8 Å². The van der Waals surface area contributed by atoms with E-state index in [1.807, 2.05) is 14.0 Å². The quantitative estimate of drug-likeness (QED) is 0.749. The molecular formula is C10H18N4O2. The average molecular weight is 226 g/mol. The number of nitrogens with one attached hydrogen (secondary N) is 1. The van der Waals surface area contributed by atoms with Crippen molar-refractivity contribution < 1.29 is 9.90 Å². The van der Waals surface area contributed by atoms with Crippen molar-refractivity contribution in [2.75, 3.05) is 0 Å². The van der Waals surface area contributed by atoms with Crippen molar-refractivity contribution in [1.82, 2.24) is 20.1 Å². The van der Waals surface area contributed by atoms with Gasteiger partial charge in [-0.25, -0.2) is 0 Å². The molecule has 6 heteroatoms. The van der Waals surface area contributed by atoms with Gasteiger partial charge >= 0.3 is 0 Å². The average Bonchev–Trinajstić information content (AvgIpc) is 2.61. The third-order valence-electron chi connectivity index (χ3n) is 2.30. The SMILES string of the molecule is CC(O)CCC(=O)NC(C)c1nncn1C. The monoisotopic (exact) mass is 226 g/mol. The van der Waals surface area contributed by atoms with Crippen LogP contribution in [0.4, 0.5) is 0 Å². The van der Waals surface area contributed by atoms with Crippen LogP contribution in [0.5, 0.6) is 0 Å². The van der Waals surface area contributed by atoms with E-state index in [0.29, 0.717) is 18.7 Å². The number of hydrogen-bond donors (Lipinski definition) is 2. The van der Waals surface area contributed by atoms with E-state index in [4.69, 9.17) is 5.11 Å². The summed E-state index contributed by atoms with van der Waals surface area (Å²) in [5, 5.41) is 19.5. The molecule has 0 saturated carbocycles. The summed E-state index contributed by atoms with van der Waals surface area (Å²) in [7, 11) is 1.83. The summed E-state index contributed by atoms with van der Waals surface area (Å²) < 4.78 is 1.76. The van der Waals surface area contributed by atoms with Gasteiger partial charge in [0.15, 0.2) is 5.82 Å². The van der Waals surface area contributed by atoms with Crippen LogP contribution in [0.1, 0.15) is 38.6 Å². The molecular weight excluding hydrogens is 208 g/mol. The minimum atomic E-state index is -0.448. The van der Waals surface area contributed by atoms with Crippen molar-refractivity contribution >= 4 is 5.91 Å². The van der Waals surface area contributed by atoms with Crippen molar-refractivity contribution in [3.63, 3.8) is 0 Å². The molecule has 2 N–H and O–H groups in total. The lowest BCUT2D eigenvalue weighted by Crippen LogP contribution is -2.28. The van der Waals surface area contributed by atoms with E-state index < -0.39 is 6.10 Å². The maximum atomic E-state index is 11.5. The number of rotatable bonds is 5. The molecule has 1 amide bonds. The number of aromatic nitrogens is 3. The minimum absolute atomic E-state index is 0.0867. The smallest absolute Gasteiger partial charge is 0.220 e. The van der Waals surface area contributed by atoms with Gasteiger partial charge in [-0.15, -0.1) is 10.2 Å². The van der Waals surface area contributed by atoms with Gasteiger partial charge < -0.3 is 15.0 Å². The molecule has 2 unspecified atom stereocenters. The minimum Gasteiger partial charge on any atom is -0.393 e. The predicted octanol–water partition coefficient (Wildman–Crippen LogP) is 0.153. The Bertz CT molecular complexity index is 348. The van der Waals surface area contributed by atoms with Crippen LogP contribution >= 0.6 is 0 Å². The Morgan fingerprint density at radius 2 is 2.31 bits per heavy atom. The molecule has 0 aliphatic rings. The largest absolute Gasteiger partial charge is 0.393 e. The fourth-order valence-corrected chi connectivity index (χ4v) is 1.40. The summed E-state index contributed by atoms with van der Waals surface area (Å²) in [6.45, 7) is 3.52. The highest BCUT2D eigenvalue weighted by atomic mass is 16.3. The van der Waals surface area contributed by atoms with E-state index in [1.165, 1.54) is 0 Å². The number of nitrogens with zero attached hydrogens (tertiary/aromatic N) is 3. The van der Waals surface area contributed by atoms with E-state index in [9.17, 15) is 4.79 Å². The van der Waals surface area contributed by atoms with Gasteiger partial charge in [-0.3, -0.25) is 4.79 Å². The first kappa shape index (κ1) is 12.6. The maximum Gasteiger partial charge on any atom is 0.220 e. The number of carbonyl (C=O) groups excluding carboxylic acids is 1. The summed E-state index contributed by atoms with van der Waals surface area (Å²) in [5.74, 6) is 0.627. The second-order valence-electron chi connectivity index (χ2n) is 3.98. The molecule has 90 valence electrons. The second kappa shape index (κ2) is 5.60. The zero-order valence-corrected chi connectivity index (χ0v) is 9.84. The lowest BCUT2D eigenvalue weighted by atomic mass is 10.2. The fraction of sp³-hybridized carbons (Fsp3) is 0.700. The van der Waals surface area contributed by atoms with Crippen LogP contribution in [0.3, 0.4) is 0 Å². The Balaban J connectivity index is 2.43. The zero-order valence-electron chi connectivity index (χ0n) is 9.84. The van der Waals surface area contributed by atoms with Gasteiger partial charge in [0.1, 0.15) is 6.33 Å². The first-order valence-electron chi connectivity index (χ1n) is 5.32. The highest BCUT2D eigenvalue weighted by Gasteiger charge is 2.14. The van der Waals surface area contributed by atoms with Gasteiger partial charge in [0.25, 0.3) is 0 Å². The van der Waals surface area contributed by atoms with Crippen molar-refractivity contribution in [2.45, 2.75) is 38.8 Å². The van der Waals surface area contributed by atoms with Gasteiger partial charge in [0.05, 0.1) is 12.1 Å². The van der Waals surface area contributed by atoms with Crippen LogP contribution < -0.4 is 5.32 Å². The molecule has 1 heterocycles. The molecule has 0 aromatic carbocycles. The number of hydrogen-bond acceptors (Lipinski definition) is 4. The van der Waals surface area contributed by atoms with Crippen molar-refractivity contribution in [3.8, 4) is 0 Å². The number of amides is 1. The van der Waals surface area contributed by atoms with E-state index in [0.717, 1.165) is 0 Å². The zero-order chi connectivity index (χ0) is 12.1. The summed E-state index contributed by atoms with van der Waals surface area (Å²) >= 11 is 0. The third-order valence-corrected chi connectivity index (χ3v) is 2.30. The van der Waals surface area contributed by atoms with Gasteiger partial charge in [0, 0.05) is 13.5 Å². The van der Waals surface area contributed by atoms with E-state index in [2.05, 4.69) is 15.5 Å². The Labute approximate surface area is 94.7 Å². The molecule has 2 atom stereocenters. The number of aliphatic hydroxyl groups is 1. The highest BCUT2D eigenvalue weighted by Crippen LogP contribution is 2.07. The normalized spacial score (nSPS) is 14.5. The Morgan fingerprint density at radius 3 is 2.81 bits per heavy atom. The van der Waals surface area contributed by atoms with Crippen LogP contribution in [0.15, 0.2) is 6.33 Å². The number of aliphatic hydroxyl groups excluding tert-OH is 1. The van der Waals surface area contributed by atoms with E-state index in [-0.39, 0.29) is 11.9 Å². The van der Waals surface area contributed by atoms with Crippen LogP contribution in [0.2, 0.25) is 0 Å². The van der Waals surface area contributed by atoms with Crippen molar-refractivity contribution in [1.29, 1.82) is 0 Å². The Morgan fingerprint density at radius 1 is 1.62 bits per heavy atom. The molecule has 0 saturated heterocycles. The molecule has 0 radical (unpaired) electrons. The predicted molar refractivity (Wildman–Crippen MR) is 58.5 cm³/mol. The molecule has 0 aliphatic heterocycles. The second-order valence-corrected chi connectivity index (χ2v) is 3.98. The molecule has 6 nitrogen and oxygen atoms in total. The van der Waals surface area contributed by atoms with Crippen molar-refractivity contribution in [3.05, 3.63) is 12.2 Å². The van der Waals surface area contributed by atoms with Gasteiger partial charge in [0.2, 0.25) is 5.91 Å². The summed E-state index contributed by atoms with van der Waals surface area (Å²) in [4.78, 5) is 11.5. The molecule has 0 spiro atoms. The van der Waals surface area contributed by atoms with Crippen LogP contribution in [-0.4, -0.2) is 31.9 Å². The summed E-state index contributed by atoms with van der Waals surface area (Å²) in [6, 6.07) is -0.172. The van der Waals surface area contributed by atoms with Gasteiger partial charge in [-0.2, -0.15) is 0 Å². The van der Waals surface area contributed by atoms with E-state index in [1.54, 1.807) is 17.8 Å². The number of aryl methyl sites for hydroxylation is 1. The first-order chi connectivity index (χ1) is 7.50. The van der Waals surface area contributed by atoms with Crippen molar-refractivity contribution in [2.24, 2.45) is 7.05 Å². The fourth-order valence-electron chi connectivity index (χ4n) is 1.40.